The summed E-state index contributed by atoms with van der Waals surface area (Å²) >= 11 is 0. The summed E-state index contributed by atoms with van der Waals surface area (Å²) in [5, 5.41) is 6.26. The Kier molecular flexibility index (Phi) is 5.10. The van der Waals surface area contributed by atoms with Gasteiger partial charge in [-0.3, -0.25) is 14.6 Å². The Labute approximate surface area is 124 Å². The molecule has 21 heavy (non-hydrogen) atoms. The predicted octanol–water partition coefficient (Wildman–Crippen LogP) is -0.373. The van der Waals surface area contributed by atoms with Crippen molar-refractivity contribution in [1.82, 2.24) is 20.1 Å². The van der Waals surface area contributed by atoms with Gasteiger partial charge in [-0.05, 0) is 12.1 Å². The normalized spacial score (nSPS) is 14.7. The Hall–Kier alpha value is -2.15. The summed E-state index contributed by atoms with van der Waals surface area (Å²) in [6.45, 7) is 3.37. The molecule has 2 N–H and O–H groups in total. The molecule has 1 saturated heterocycles. The smallest absolute Gasteiger partial charge is 0.272 e. The molecule has 1 aliphatic heterocycles. The molecular weight excluding hydrogens is 270 g/mol. The number of hydrogen-bond donors (Lipinski definition) is 2. The second-order valence-electron chi connectivity index (χ2n) is 5.11. The van der Waals surface area contributed by atoms with Crippen LogP contribution in [0.3, 0.4) is 0 Å². The SMILES string of the molecule is CN(C)C(=O)c1cc(NCC(=O)N2CCNCC2)ccn1. The molecule has 2 amide bonds. The third kappa shape index (κ3) is 4.16. The Morgan fingerprint density at radius 1 is 1.38 bits per heavy atom. The van der Waals surface area contributed by atoms with Gasteiger partial charge in [0.15, 0.2) is 0 Å². The number of rotatable bonds is 4. The van der Waals surface area contributed by atoms with Crippen LogP contribution in [0, 0.1) is 0 Å². The number of nitrogens with one attached hydrogen (secondary N) is 2. The zero-order chi connectivity index (χ0) is 15.2. The van der Waals surface area contributed by atoms with Gasteiger partial charge in [0.05, 0.1) is 6.54 Å². The third-order valence-electron chi connectivity index (χ3n) is 3.30. The van der Waals surface area contributed by atoms with Gasteiger partial charge in [0, 0.05) is 52.2 Å². The van der Waals surface area contributed by atoms with Crippen molar-refractivity contribution in [1.29, 1.82) is 0 Å². The number of piperazine rings is 1. The minimum atomic E-state index is -0.160. The topological polar surface area (TPSA) is 77.6 Å². The molecule has 114 valence electrons. The van der Waals surface area contributed by atoms with E-state index < -0.39 is 0 Å². The van der Waals surface area contributed by atoms with Crippen LogP contribution in [0.25, 0.3) is 0 Å². The van der Waals surface area contributed by atoms with Crippen LogP contribution in [-0.2, 0) is 4.79 Å². The summed E-state index contributed by atoms with van der Waals surface area (Å²) in [6.07, 6.45) is 1.56. The van der Waals surface area contributed by atoms with Gasteiger partial charge < -0.3 is 20.4 Å². The Bertz CT molecular complexity index is 512. The van der Waals surface area contributed by atoms with E-state index in [0.717, 1.165) is 31.9 Å². The lowest BCUT2D eigenvalue weighted by Crippen LogP contribution is -2.48. The molecule has 1 aromatic rings. The molecule has 2 rings (SSSR count). The van der Waals surface area contributed by atoms with Gasteiger partial charge in [-0.2, -0.15) is 0 Å². The van der Waals surface area contributed by atoms with Crippen molar-refractivity contribution in [3.05, 3.63) is 24.0 Å². The zero-order valence-electron chi connectivity index (χ0n) is 12.4. The minimum Gasteiger partial charge on any atom is -0.376 e. The molecule has 2 heterocycles. The Morgan fingerprint density at radius 3 is 2.76 bits per heavy atom. The standard InChI is InChI=1S/C14H21N5O2/c1-18(2)14(21)12-9-11(3-4-16-12)17-10-13(20)19-7-5-15-6-8-19/h3-4,9,15H,5-8,10H2,1-2H3,(H,16,17). The number of pyridine rings is 1. The van der Waals surface area contributed by atoms with Crippen molar-refractivity contribution in [3.8, 4) is 0 Å². The van der Waals surface area contributed by atoms with E-state index in [4.69, 9.17) is 0 Å². The summed E-state index contributed by atoms with van der Waals surface area (Å²) in [7, 11) is 3.36. The van der Waals surface area contributed by atoms with Crippen LogP contribution >= 0.6 is 0 Å². The minimum absolute atomic E-state index is 0.0637. The maximum atomic E-state index is 12.0. The highest BCUT2D eigenvalue weighted by molar-refractivity contribution is 5.93. The maximum Gasteiger partial charge on any atom is 0.272 e. The molecule has 0 saturated carbocycles. The Balaban J connectivity index is 1.92. The molecule has 7 heteroatoms. The largest absolute Gasteiger partial charge is 0.376 e. The van der Waals surface area contributed by atoms with Crippen LogP contribution in [0.1, 0.15) is 10.5 Å². The van der Waals surface area contributed by atoms with Gasteiger partial charge >= 0.3 is 0 Å². The van der Waals surface area contributed by atoms with Crippen LogP contribution in [0.5, 0.6) is 0 Å². The second-order valence-corrected chi connectivity index (χ2v) is 5.11. The van der Waals surface area contributed by atoms with Gasteiger partial charge in [-0.25, -0.2) is 0 Å². The first-order valence-electron chi connectivity index (χ1n) is 6.98. The molecule has 0 unspecified atom stereocenters. The number of nitrogens with zero attached hydrogens (tertiary/aromatic N) is 3. The van der Waals surface area contributed by atoms with Crippen LogP contribution in [-0.4, -0.2) is 73.4 Å². The Morgan fingerprint density at radius 2 is 2.10 bits per heavy atom. The summed E-state index contributed by atoms with van der Waals surface area (Å²) in [4.78, 5) is 31.2. The second kappa shape index (κ2) is 7.03. The number of anilines is 1. The zero-order valence-corrected chi connectivity index (χ0v) is 12.4. The van der Waals surface area contributed by atoms with E-state index in [1.807, 2.05) is 4.90 Å². The molecular formula is C14H21N5O2. The molecule has 0 spiro atoms. The lowest BCUT2D eigenvalue weighted by atomic mass is 10.3. The van der Waals surface area contributed by atoms with Crippen molar-refractivity contribution in [3.63, 3.8) is 0 Å². The molecule has 0 atom stereocenters. The van der Waals surface area contributed by atoms with Crippen LogP contribution in [0.4, 0.5) is 5.69 Å². The number of carbonyl (C=O) groups excluding carboxylic acids is 2. The average Bonchev–Trinajstić information content (AvgIpc) is 2.53. The van der Waals surface area contributed by atoms with Gasteiger partial charge in [-0.15, -0.1) is 0 Å². The van der Waals surface area contributed by atoms with Crippen molar-refractivity contribution in [2.45, 2.75) is 0 Å². The van der Waals surface area contributed by atoms with Gasteiger partial charge in [0.2, 0.25) is 5.91 Å². The lowest BCUT2D eigenvalue weighted by molar-refractivity contribution is -0.129. The number of amides is 2. The van der Waals surface area contributed by atoms with E-state index in [1.54, 1.807) is 32.4 Å². The van der Waals surface area contributed by atoms with Gasteiger partial charge in [0.25, 0.3) is 5.91 Å². The van der Waals surface area contributed by atoms with Crippen LogP contribution in [0.15, 0.2) is 18.3 Å². The first kappa shape index (κ1) is 15.2. The summed E-state index contributed by atoms with van der Waals surface area (Å²) < 4.78 is 0. The molecule has 0 radical (unpaired) electrons. The van der Waals surface area contributed by atoms with Crippen LogP contribution < -0.4 is 10.6 Å². The van der Waals surface area contributed by atoms with E-state index in [9.17, 15) is 9.59 Å². The number of carbonyl (C=O) groups is 2. The third-order valence-corrected chi connectivity index (χ3v) is 3.30. The van der Waals surface area contributed by atoms with Crippen molar-refractivity contribution in [2.75, 3.05) is 52.1 Å². The van der Waals surface area contributed by atoms with E-state index >= 15 is 0 Å². The van der Waals surface area contributed by atoms with Crippen molar-refractivity contribution in [2.24, 2.45) is 0 Å². The first-order chi connectivity index (χ1) is 10.1. The molecule has 1 aliphatic rings. The molecule has 7 nitrogen and oxygen atoms in total. The fourth-order valence-electron chi connectivity index (χ4n) is 2.09. The highest BCUT2D eigenvalue weighted by Gasteiger charge is 2.16. The molecule has 1 fully saturated rings. The van der Waals surface area contributed by atoms with E-state index in [-0.39, 0.29) is 18.4 Å². The molecule has 0 aliphatic carbocycles. The fourth-order valence-corrected chi connectivity index (χ4v) is 2.09. The fraction of sp³-hybridized carbons (Fsp3) is 0.500. The highest BCUT2D eigenvalue weighted by Crippen LogP contribution is 2.09. The number of hydrogen-bond acceptors (Lipinski definition) is 5. The van der Waals surface area contributed by atoms with E-state index in [0.29, 0.717) is 5.69 Å². The quantitative estimate of drug-likeness (QED) is 0.791. The molecule has 0 aromatic carbocycles. The molecule has 1 aromatic heterocycles. The van der Waals surface area contributed by atoms with Gasteiger partial charge in [-0.1, -0.05) is 0 Å². The van der Waals surface area contributed by atoms with E-state index in [1.165, 1.54) is 4.90 Å². The van der Waals surface area contributed by atoms with Gasteiger partial charge in [0.1, 0.15) is 5.69 Å². The predicted molar refractivity (Wildman–Crippen MR) is 80.2 cm³/mol. The average molecular weight is 291 g/mol. The van der Waals surface area contributed by atoms with Crippen LogP contribution in [0.2, 0.25) is 0 Å². The number of aromatic nitrogens is 1. The summed E-state index contributed by atoms with van der Waals surface area (Å²) in [5.41, 5.74) is 1.08. The van der Waals surface area contributed by atoms with Crippen molar-refractivity contribution < 1.29 is 9.59 Å². The highest BCUT2D eigenvalue weighted by atomic mass is 16.2. The summed E-state index contributed by atoms with van der Waals surface area (Å²) in [6, 6.07) is 3.41. The lowest BCUT2D eigenvalue weighted by Gasteiger charge is -2.27. The summed E-state index contributed by atoms with van der Waals surface area (Å²) in [5.74, 6) is -0.0964. The monoisotopic (exact) mass is 291 g/mol. The first-order valence-corrected chi connectivity index (χ1v) is 6.98. The molecule has 0 bridgehead atoms. The van der Waals surface area contributed by atoms with Crippen molar-refractivity contribution >= 4 is 17.5 Å². The van der Waals surface area contributed by atoms with E-state index in [2.05, 4.69) is 15.6 Å². The maximum absolute atomic E-state index is 12.0.